The SMILES string of the molecule is CCn1c(=O)c(=O)[nH]c2cc(C(=O)Nc3ccc(-c4cn5ccsc5n4)cc3)ccc21. The standard InChI is InChI=1S/C22H17N5O3S/c1-2-27-18-8-5-14(11-16(18)24-20(29)21(27)30)19(28)23-15-6-3-13(4-7-15)17-12-26-9-10-31-22(26)25-17/h3-12H,2H2,1H3,(H,23,28)(H,24,29). The van der Waals surface area contributed by atoms with Crippen molar-refractivity contribution in [1.82, 2.24) is 18.9 Å². The van der Waals surface area contributed by atoms with Gasteiger partial charge >= 0.3 is 11.1 Å². The number of imidazole rings is 1. The number of aryl methyl sites for hydroxylation is 1. The van der Waals surface area contributed by atoms with Crippen molar-refractivity contribution in [1.29, 1.82) is 0 Å². The zero-order valence-corrected chi connectivity index (χ0v) is 17.3. The summed E-state index contributed by atoms with van der Waals surface area (Å²) < 4.78 is 3.35. The van der Waals surface area contributed by atoms with E-state index in [2.05, 4.69) is 15.3 Å². The van der Waals surface area contributed by atoms with Gasteiger partial charge in [0.05, 0.1) is 16.7 Å². The van der Waals surface area contributed by atoms with Gasteiger partial charge in [-0.05, 0) is 37.3 Å². The van der Waals surface area contributed by atoms with Gasteiger partial charge in [0.2, 0.25) is 0 Å². The summed E-state index contributed by atoms with van der Waals surface area (Å²) in [6.45, 7) is 2.16. The average Bonchev–Trinajstić information content (AvgIpc) is 3.37. The number of fused-ring (bicyclic) bond motifs is 2. The topological polar surface area (TPSA) is 101 Å². The summed E-state index contributed by atoms with van der Waals surface area (Å²) in [5.74, 6) is -0.313. The Kier molecular flexibility index (Phi) is 4.52. The molecule has 2 aromatic carbocycles. The molecule has 5 aromatic rings. The van der Waals surface area contributed by atoms with Crippen molar-refractivity contribution in [2.24, 2.45) is 0 Å². The van der Waals surface area contributed by atoms with E-state index < -0.39 is 11.1 Å². The van der Waals surface area contributed by atoms with Gasteiger partial charge in [0.25, 0.3) is 5.91 Å². The Bertz CT molecular complexity index is 1530. The lowest BCUT2D eigenvalue weighted by atomic mass is 10.1. The molecular weight excluding hydrogens is 414 g/mol. The van der Waals surface area contributed by atoms with Crippen LogP contribution in [0.2, 0.25) is 0 Å². The molecule has 0 aliphatic carbocycles. The molecule has 3 aromatic heterocycles. The maximum absolute atomic E-state index is 12.7. The fraction of sp³-hybridized carbons (Fsp3) is 0.0909. The normalized spacial score (nSPS) is 11.3. The summed E-state index contributed by atoms with van der Waals surface area (Å²) in [7, 11) is 0. The van der Waals surface area contributed by atoms with Crippen LogP contribution in [0.25, 0.3) is 27.3 Å². The molecule has 0 aliphatic heterocycles. The van der Waals surface area contributed by atoms with E-state index in [4.69, 9.17) is 0 Å². The molecule has 31 heavy (non-hydrogen) atoms. The number of hydrogen-bond donors (Lipinski definition) is 2. The van der Waals surface area contributed by atoms with Gasteiger partial charge in [0.15, 0.2) is 4.96 Å². The molecule has 154 valence electrons. The highest BCUT2D eigenvalue weighted by Crippen LogP contribution is 2.23. The van der Waals surface area contributed by atoms with E-state index in [0.717, 1.165) is 16.2 Å². The van der Waals surface area contributed by atoms with Gasteiger partial charge in [-0.1, -0.05) is 12.1 Å². The molecule has 0 fully saturated rings. The highest BCUT2D eigenvalue weighted by Gasteiger charge is 2.12. The number of nitrogens with zero attached hydrogens (tertiary/aromatic N) is 3. The molecule has 0 unspecified atom stereocenters. The van der Waals surface area contributed by atoms with Crippen LogP contribution in [0.5, 0.6) is 0 Å². The molecule has 0 aliphatic rings. The third-order valence-electron chi connectivity index (χ3n) is 5.09. The molecule has 9 heteroatoms. The molecular formula is C22H17N5O3S. The van der Waals surface area contributed by atoms with E-state index in [0.29, 0.717) is 28.8 Å². The Morgan fingerprint density at radius 2 is 1.97 bits per heavy atom. The van der Waals surface area contributed by atoms with Gasteiger partial charge in [-0.15, -0.1) is 11.3 Å². The minimum Gasteiger partial charge on any atom is -0.322 e. The first-order valence-electron chi connectivity index (χ1n) is 9.64. The molecule has 1 amide bonds. The maximum atomic E-state index is 12.7. The molecule has 5 rings (SSSR count). The Labute approximate surface area is 179 Å². The second-order valence-corrected chi connectivity index (χ2v) is 7.86. The highest BCUT2D eigenvalue weighted by atomic mass is 32.1. The molecule has 0 spiro atoms. The number of anilines is 1. The molecule has 2 N–H and O–H groups in total. The number of nitrogens with one attached hydrogen (secondary N) is 2. The smallest absolute Gasteiger partial charge is 0.316 e. The molecule has 8 nitrogen and oxygen atoms in total. The molecule has 0 saturated carbocycles. The van der Waals surface area contributed by atoms with E-state index in [1.54, 1.807) is 36.5 Å². The first-order chi connectivity index (χ1) is 15.0. The summed E-state index contributed by atoms with van der Waals surface area (Å²) in [6, 6.07) is 12.3. The van der Waals surface area contributed by atoms with Crippen molar-refractivity contribution >= 4 is 38.9 Å². The van der Waals surface area contributed by atoms with E-state index >= 15 is 0 Å². The zero-order chi connectivity index (χ0) is 21.5. The number of hydrogen-bond acceptors (Lipinski definition) is 5. The minimum atomic E-state index is -0.707. The lowest BCUT2D eigenvalue weighted by molar-refractivity contribution is 0.102. The number of carbonyl (C=O) groups excluding carboxylic acids is 1. The fourth-order valence-electron chi connectivity index (χ4n) is 3.53. The van der Waals surface area contributed by atoms with Crippen LogP contribution in [-0.2, 0) is 6.54 Å². The van der Waals surface area contributed by atoms with Crippen LogP contribution < -0.4 is 16.4 Å². The summed E-state index contributed by atoms with van der Waals surface area (Å²) in [5.41, 5.74) is 2.54. The summed E-state index contributed by atoms with van der Waals surface area (Å²) >= 11 is 1.57. The fourth-order valence-corrected chi connectivity index (χ4v) is 4.23. The van der Waals surface area contributed by atoms with Gasteiger partial charge < -0.3 is 14.9 Å². The predicted octanol–water partition coefficient (Wildman–Crippen LogP) is 3.34. The maximum Gasteiger partial charge on any atom is 0.316 e. The number of thiazole rings is 1. The second-order valence-electron chi connectivity index (χ2n) is 6.99. The number of rotatable bonds is 4. The van der Waals surface area contributed by atoms with Crippen molar-refractivity contribution in [2.45, 2.75) is 13.5 Å². The number of aromatic nitrogens is 4. The van der Waals surface area contributed by atoms with Gasteiger partial charge in [0.1, 0.15) is 0 Å². The Balaban J connectivity index is 1.40. The van der Waals surface area contributed by atoms with E-state index in [1.807, 2.05) is 46.4 Å². The van der Waals surface area contributed by atoms with Crippen LogP contribution in [0.1, 0.15) is 17.3 Å². The number of aromatic amines is 1. The van der Waals surface area contributed by atoms with Crippen molar-refractivity contribution in [2.75, 3.05) is 5.32 Å². The van der Waals surface area contributed by atoms with Crippen LogP contribution in [0.4, 0.5) is 5.69 Å². The lowest BCUT2D eigenvalue weighted by Crippen LogP contribution is -2.36. The summed E-state index contributed by atoms with van der Waals surface area (Å²) in [5, 5.41) is 4.84. The highest BCUT2D eigenvalue weighted by molar-refractivity contribution is 7.15. The molecule has 0 bridgehead atoms. The molecule has 3 heterocycles. The zero-order valence-electron chi connectivity index (χ0n) is 16.5. The van der Waals surface area contributed by atoms with Gasteiger partial charge in [-0.3, -0.25) is 18.8 Å². The van der Waals surface area contributed by atoms with Crippen molar-refractivity contribution in [3.05, 3.63) is 86.5 Å². The van der Waals surface area contributed by atoms with E-state index in [1.165, 1.54) is 4.57 Å². The number of amides is 1. The Morgan fingerprint density at radius 1 is 1.16 bits per heavy atom. The molecule has 0 atom stereocenters. The monoisotopic (exact) mass is 431 g/mol. The predicted molar refractivity (Wildman–Crippen MR) is 121 cm³/mol. The first kappa shape index (κ1) is 19.0. The Morgan fingerprint density at radius 3 is 2.71 bits per heavy atom. The average molecular weight is 431 g/mol. The van der Waals surface area contributed by atoms with Crippen molar-refractivity contribution in [3.8, 4) is 11.3 Å². The minimum absolute atomic E-state index is 0.313. The van der Waals surface area contributed by atoms with Crippen LogP contribution in [0.15, 0.2) is 69.8 Å². The number of carbonyl (C=O) groups is 1. The Hall–Kier alpha value is -3.98. The van der Waals surface area contributed by atoms with Crippen molar-refractivity contribution < 1.29 is 4.79 Å². The van der Waals surface area contributed by atoms with Crippen LogP contribution in [0, 0.1) is 0 Å². The number of H-pyrrole nitrogens is 1. The third-order valence-corrected chi connectivity index (χ3v) is 5.86. The van der Waals surface area contributed by atoms with Crippen LogP contribution >= 0.6 is 11.3 Å². The van der Waals surface area contributed by atoms with Crippen LogP contribution in [0.3, 0.4) is 0 Å². The summed E-state index contributed by atoms with van der Waals surface area (Å²) in [6.07, 6.45) is 3.92. The van der Waals surface area contributed by atoms with Gasteiger partial charge in [0, 0.05) is 41.1 Å². The first-order valence-corrected chi connectivity index (χ1v) is 10.5. The van der Waals surface area contributed by atoms with Gasteiger partial charge in [-0.25, -0.2) is 4.98 Å². The van der Waals surface area contributed by atoms with Crippen molar-refractivity contribution in [3.63, 3.8) is 0 Å². The molecule has 0 saturated heterocycles. The summed E-state index contributed by atoms with van der Waals surface area (Å²) in [4.78, 5) is 44.6. The van der Waals surface area contributed by atoms with Gasteiger partial charge in [-0.2, -0.15) is 0 Å². The second kappa shape index (κ2) is 7.37. The van der Waals surface area contributed by atoms with Crippen LogP contribution in [-0.4, -0.2) is 24.8 Å². The van der Waals surface area contributed by atoms with E-state index in [-0.39, 0.29) is 5.91 Å². The lowest BCUT2D eigenvalue weighted by Gasteiger charge is -2.09. The number of benzene rings is 2. The quantitative estimate of drug-likeness (QED) is 0.426. The molecule has 0 radical (unpaired) electrons. The third kappa shape index (κ3) is 3.34. The largest absolute Gasteiger partial charge is 0.322 e. The van der Waals surface area contributed by atoms with E-state index in [9.17, 15) is 14.4 Å².